The summed E-state index contributed by atoms with van der Waals surface area (Å²) < 4.78 is 88.2. The molecule has 0 heterocycles. The summed E-state index contributed by atoms with van der Waals surface area (Å²) in [4.78, 5) is 0. The molecule has 0 aliphatic carbocycles. The van der Waals surface area contributed by atoms with E-state index in [-0.39, 0.29) is 39.6 Å². The van der Waals surface area contributed by atoms with Gasteiger partial charge in [-0.05, 0) is 36.5 Å². The minimum Gasteiger partial charge on any atom is -0.748 e. The fourth-order valence-corrected chi connectivity index (χ4v) is 3.33. The van der Waals surface area contributed by atoms with Crippen molar-refractivity contribution in [2.45, 2.75) is 19.3 Å². The molecule has 0 N–H and O–H groups in total. The van der Waals surface area contributed by atoms with E-state index in [1.165, 1.54) is 0 Å². The van der Waals surface area contributed by atoms with Crippen molar-refractivity contribution >= 4 is 68.2 Å². The van der Waals surface area contributed by atoms with E-state index < -0.39 is 30.4 Å². The van der Waals surface area contributed by atoms with Crippen molar-refractivity contribution in [2.24, 2.45) is 0 Å². The predicted octanol–water partition coefficient (Wildman–Crippen LogP) is -0.448. The molecule has 0 saturated carbocycles. The number of thiol groups is 3. The van der Waals surface area contributed by atoms with E-state index in [4.69, 9.17) is 0 Å². The fraction of sp³-hybridized carbons (Fsp3) is 1.00. The Labute approximate surface area is 182 Å². The SMILES string of the molecule is O=S(=O)([O-])CCCS.O=S(=O)([O-])CCCS.O=S(=O)([O-])CCCS.[Au+3]. The number of rotatable bonds is 9. The van der Waals surface area contributed by atoms with Gasteiger partial charge in [-0.1, -0.05) is 0 Å². The Hall–Kier alpha value is 1.52. The van der Waals surface area contributed by atoms with Gasteiger partial charge in [-0.2, -0.15) is 37.9 Å². The summed E-state index contributed by atoms with van der Waals surface area (Å²) in [6.07, 6.45) is 1.03. The van der Waals surface area contributed by atoms with E-state index in [0.29, 0.717) is 36.5 Å². The van der Waals surface area contributed by atoms with Crippen LogP contribution < -0.4 is 0 Å². The Kier molecular flexibility index (Phi) is 25.7. The maximum absolute atomic E-state index is 9.80. The summed E-state index contributed by atoms with van der Waals surface area (Å²) in [6.45, 7) is 0. The molecule has 0 fully saturated rings. The average molecular weight is 663 g/mol. The first kappa shape index (κ1) is 34.1. The van der Waals surface area contributed by atoms with Gasteiger partial charge in [0.15, 0.2) is 0 Å². The Morgan fingerprint density at radius 1 is 0.520 bits per heavy atom. The van der Waals surface area contributed by atoms with Gasteiger partial charge in [-0.3, -0.25) is 0 Å². The molecule has 25 heavy (non-hydrogen) atoms. The van der Waals surface area contributed by atoms with Crippen LogP contribution in [0.5, 0.6) is 0 Å². The minimum atomic E-state index is -3.99. The Balaban J connectivity index is -0.000000130. The summed E-state index contributed by atoms with van der Waals surface area (Å²) in [5.41, 5.74) is 0. The van der Waals surface area contributed by atoms with E-state index in [9.17, 15) is 38.9 Å². The van der Waals surface area contributed by atoms with E-state index in [2.05, 4.69) is 37.9 Å². The van der Waals surface area contributed by atoms with Crippen LogP contribution in [0.4, 0.5) is 0 Å². The van der Waals surface area contributed by atoms with Crippen LogP contribution in [-0.4, -0.2) is 73.4 Å². The first-order valence-corrected chi connectivity index (χ1v) is 12.9. The van der Waals surface area contributed by atoms with Gasteiger partial charge in [-0.25, -0.2) is 25.3 Å². The molecule has 16 heteroatoms. The number of hydrogen-bond acceptors (Lipinski definition) is 12. The first-order valence-electron chi connectivity index (χ1n) is 6.31. The van der Waals surface area contributed by atoms with Gasteiger partial charge < -0.3 is 13.7 Å². The molecule has 0 unspecified atom stereocenters. The molecule has 0 saturated heterocycles. The maximum Gasteiger partial charge on any atom is 3.00 e. The van der Waals surface area contributed by atoms with Crippen LogP contribution in [0.25, 0.3) is 0 Å². The Bertz CT molecular complexity index is 501. The zero-order chi connectivity index (χ0) is 19.9. The van der Waals surface area contributed by atoms with Crippen molar-refractivity contribution in [3.8, 4) is 0 Å². The van der Waals surface area contributed by atoms with Gasteiger partial charge in [0.1, 0.15) is 0 Å². The zero-order valence-corrected chi connectivity index (χ0v) is 20.2. The van der Waals surface area contributed by atoms with E-state index in [0.717, 1.165) is 0 Å². The van der Waals surface area contributed by atoms with Crippen LogP contribution in [-0.2, 0) is 52.7 Å². The molecule has 9 nitrogen and oxygen atoms in total. The standard InChI is InChI=1S/3C3H8O3S2.Au/c3*4-8(5,6)3-1-2-7;/h3*7H,1-3H2,(H,4,5,6);/q;;;+3/p-3. The molecule has 0 aromatic carbocycles. The third-order valence-corrected chi connectivity index (χ3v) is 4.97. The third kappa shape index (κ3) is 51.7. The molecule has 0 amide bonds. The quantitative estimate of drug-likeness (QED) is 0.168. The van der Waals surface area contributed by atoms with E-state index >= 15 is 0 Å². The van der Waals surface area contributed by atoms with Crippen LogP contribution >= 0.6 is 37.9 Å². The molecule has 0 rings (SSSR count). The van der Waals surface area contributed by atoms with Crippen molar-refractivity contribution in [1.82, 2.24) is 0 Å². The van der Waals surface area contributed by atoms with Gasteiger partial charge in [-0.15, -0.1) is 0 Å². The molecule has 158 valence electrons. The largest absolute Gasteiger partial charge is 3.00 e. The van der Waals surface area contributed by atoms with Gasteiger partial charge >= 0.3 is 22.4 Å². The molecular weight excluding hydrogens is 641 g/mol. The van der Waals surface area contributed by atoms with Crippen LogP contribution in [0.2, 0.25) is 0 Å². The van der Waals surface area contributed by atoms with Crippen LogP contribution in [0.15, 0.2) is 0 Å². The molecule has 0 aliphatic heterocycles. The summed E-state index contributed by atoms with van der Waals surface area (Å²) >= 11 is 11.2. The zero-order valence-electron chi connectivity index (χ0n) is 12.9. The molecule has 0 aromatic heterocycles. The molecule has 0 radical (unpaired) electrons. The second-order valence-electron chi connectivity index (χ2n) is 4.02. The van der Waals surface area contributed by atoms with Crippen molar-refractivity contribution in [3.05, 3.63) is 0 Å². The second kappa shape index (κ2) is 18.9. The fourth-order valence-electron chi connectivity index (χ4n) is 0.724. The molecule has 0 spiro atoms. The summed E-state index contributed by atoms with van der Waals surface area (Å²) in [5, 5.41) is 0. The van der Waals surface area contributed by atoms with Crippen molar-refractivity contribution in [3.63, 3.8) is 0 Å². The average Bonchev–Trinajstić information content (AvgIpc) is 2.39. The van der Waals surface area contributed by atoms with Gasteiger partial charge in [0.25, 0.3) is 0 Å². The molecule has 0 atom stereocenters. The summed E-state index contributed by atoms with van der Waals surface area (Å²) in [6, 6.07) is 0. The molecule has 0 bridgehead atoms. The van der Waals surface area contributed by atoms with E-state index in [1.54, 1.807) is 0 Å². The molecule has 0 aliphatic rings. The Morgan fingerprint density at radius 2 is 0.680 bits per heavy atom. The minimum absolute atomic E-state index is 0. The smallest absolute Gasteiger partial charge is 0.748 e. The molecule has 0 aromatic rings. The third-order valence-electron chi connectivity index (χ3n) is 1.66. The van der Waals surface area contributed by atoms with Crippen molar-refractivity contribution in [1.29, 1.82) is 0 Å². The maximum atomic E-state index is 9.80. The summed E-state index contributed by atoms with van der Waals surface area (Å²) in [7, 11) is -12.0. The van der Waals surface area contributed by atoms with Crippen LogP contribution in [0.1, 0.15) is 19.3 Å². The van der Waals surface area contributed by atoms with Crippen LogP contribution in [0, 0.1) is 0 Å². The molecular formula is C9H21AuO9S6. The topological polar surface area (TPSA) is 172 Å². The second-order valence-corrected chi connectivity index (χ2v) is 9.93. The van der Waals surface area contributed by atoms with Gasteiger partial charge in [0.2, 0.25) is 0 Å². The predicted molar refractivity (Wildman–Crippen MR) is 99.1 cm³/mol. The first-order chi connectivity index (χ1) is 10.7. The monoisotopic (exact) mass is 662 g/mol. The van der Waals surface area contributed by atoms with Gasteiger partial charge in [0, 0.05) is 17.3 Å². The normalized spacial score (nSPS) is 11.3. The van der Waals surface area contributed by atoms with Crippen molar-refractivity contribution in [2.75, 3.05) is 34.5 Å². The van der Waals surface area contributed by atoms with Gasteiger partial charge in [0.05, 0.1) is 30.4 Å². The number of hydrogen-bond donors (Lipinski definition) is 3. The summed E-state index contributed by atoms with van der Waals surface area (Å²) in [5.74, 6) is 0.452. The Morgan fingerprint density at radius 3 is 0.720 bits per heavy atom. The van der Waals surface area contributed by atoms with Crippen LogP contribution in [0.3, 0.4) is 0 Å². The van der Waals surface area contributed by atoms with Crippen molar-refractivity contribution < 1.29 is 61.3 Å². The van der Waals surface area contributed by atoms with E-state index in [1.807, 2.05) is 0 Å².